The molecule has 98 valence electrons. The number of rotatable bonds is 3. The minimum atomic E-state index is 0.608. The second-order valence-corrected chi connectivity index (χ2v) is 6.89. The fourth-order valence-corrected chi connectivity index (χ4v) is 4.05. The van der Waals surface area contributed by atoms with Gasteiger partial charge in [-0.25, -0.2) is 9.97 Å². The molecule has 0 spiro atoms. The van der Waals surface area contributed by atoms with Crippen LogP contribution in [-0.2, 0) is 11.5 Å². The van der Waals surface area contributed by atoms with Crippen molar-refractivity contribution in [1.82, 2.24) is 9.97 Å². The SMILES string of the molecule is CCSc1ccc(-c2nc(Cl)c3c(n2)CSC3)cc1. The van der Waals surface area contributed by atoms with E-state index in [0.717, 1.165) is 39.9 Å². The van der Waals surface area contributed by atoms with Crippen molar-refractivity contribution in [3.63, 3.8) is 0 Å². The van der Waals surface area contributed by atoms with Gasteiger partial charge in [-0.1, -0.05) is 30.7 Å². The molecule has 0 bridgehead atoms. The fourth-order valence-electron chi connectivity index (χ4n) is 2.01. The minimum absolute atomic E-state index is 0.608. The number of thioether (sulfide) groups is 2. The first-order chi connectivity index (χ1) is 9.28. The summed E-state index contributed by atoms with van der Waals surface area (Å²) in [7, 11) is 0. The third kappa shape index (κ3) is 2.76. The van der Waals surface area contributed by atoms with Crippen molar-refractivity contribution in [3.05, 3.63) is 40.7 Å². The number of hydrogen-bond acceptors (Lipinski definition) is 4. The maximum absolute atomic E-state index is 6.24. The summed E-state index contributed by atoms with van der Waals surface area (Å²) < 4.78 is 0. The second kappa shape index (κ2) is 5.73. The maximum Gasteiger partial charge on any atom is 0.161 e. The average Bonchev–Trinajstić information content (AvgIpc) is 2.89. The lowest BCUT2D eigenvalue weighted by molar-refractivity contribution is 1.07. The molecule has 1 aliphatic rings. The van der Waals surface area contributed by atoms with E-state index < -0.39 is 0 Å². The van der Waals surface area contributed by atoms with Crippen LogP contribution < -0.4 is 0 Å². The van der Waals surface area contributed by atoms with Crippen LogP contribution in [0.15, 0.2) is 29.2 Å². The van der Waals surface area contributed by atoms with Crippen LogP contribution in [0.25, 0.3) is 11.4 Å². The van der Waals surface area contributed by atoms with Gasteiger partial charge in [-0.3, -0.25) is 0 Å². The molecule has 0 saturated carbocycles. The first-order valence-corrected chi connectivity index (χ1v) is 8.66. The largest absolute Gasteiger partial charge is 0.232 e. The summed E-state index contributed by atoms with van der Waals surface area (Å²) in [6, 6.07) is 8.36. The van der Waals surface area contributed by atoms with E-state index in [0.29, 0.717) is 5.15 Å². The summed E-state index contributed by atoms with van der Waals surface area (Å²) in [5.74, 6) is 3.69. The Bertz CT molecular complexity index is 599. The number of aromatic nitrogens is 2. The Morgan fingerprint density at radius 3 is 2.74 bits per heavy atom. The Morgan fingerprint density at radius 1 is 1.21 bits per heavy atom. The first-order valence-electron chi connectivity index (χ1n) is 6.14. The summed E-state index contributed by atoms with van der Waals surface area (Å²) in [6.45, 7) is 2.15. The van der Waals surface area contributed by atoms with Gasteiger partial charge >= 0.3 is 0 Å². The van der Waals surface area contributed by atoms with Crippen LogP contribution in [0.4, 0.5) is 0 Å². The number of hydrogen-bond donors (Lipinski definition) is 0. The molecule has 0 unspecified atom stereocenters. The number of nitrogens with zero attached hydrogens (tertiary/aromatic N) is 2. The van der Waals surface area contributed by atoms with E-state index >= 15 is 0 Å². The van der Waals surface area contributed by atoms with Gasteiger partial charge in [0.2, 0.25) is 0 Å². The highest BCUT2D eigenvalue weighted by Gasteiger charge is 2.19. The summed E-state index contributed by atoms with van der Waals surface area (Å²) in [5.41, 5.74) is 3.22. The molecule has 0 atom stereocenters. The second-order valence-electron chi connectivity index (χ2n) is 4.21. The molecule has 2 aromatic rings. The molecule has 0 amide bonds. The molecule has 1 aromatic carbocycles. The number of benzene rings is 1. The third-order valence-corrected chi connectivity index (χ3v) is 5.13. The van der Waals surface area contributed by atoms with E-state index in [1.165, 1.54) is 4.90 Å². The highest BCUT2D eigenvalue weighted by atomic mass is 35.5. The molecule has 1 aromatic heterocycles. The van der Waals surface area contributed by atoms with Gasteiger partial charge in [0, 0.05) is 27.5 Å². The molecule has 2 nitrogen and oxygen atoms in total. The van der Waals surface area contributed by atoms with Crippen molar-refractivity contribution >= 4 is 35.1 Å². The Hall–Kier alpha value is -0.710. The fraction of sp³-hybridized carbons (Fsp3) is 0.286. The first kappa shape index (κ1) is 13.3. The van der Waals surface area contributed by atoms with E-state index in [9.17, 15) is 0 Å². The molecule has 1 aliphatic heterocycles. The van der Waals surface area contributed by atoms with Gasteiger partial charge in [0.15, 0.2) is 5.82 Å². The lowest BCUT2D eigenvalue weighted by Gasteiger charge is -2.06. The van der Waals surface area contributed by atoms with Gasteiger partial charge in [-0.2, -0.15) is 11.8 Å². The predicted octanol–water partition coefficient (Wildman–Crippen LogP) is 4.66. The molecular weight excluding hydrogens is 296 g/mol. The monoisotopic (exact) mass is 308 g/mol. The Kier molecular flexibility index (Phi) is 4.01. The third-order valence-electron chi connectivity index (χ3n) is 2.95. The van der Waals surface area contributed by atoms with Crippen molar-refractivity contribution < 1.29 is 0 Å². The van der Waals surface area contributed by atoms with Crippen molar-refractivity contribution in [2.24, 2.45) is 0 Å². The zero-order chi connectivity index (χ0) is 13.2. The summed E-state index contributed by atoms with van der Waals surface area (Å²) in [6.07, 6.45) is 0. The molecule has 0 aliphatic carbocycles. The lowest BCUT2D eigenvalue weighted by atomic mass is 10.2. The van der Waals surface area contributed by atoms with Gasteiger partial charge in [0.1, 0.15) is 5.15 Å². The van der Waals surface area contributed by atoms with E-state index in [4.69, 9.17) is 11.6 Å². The van der Waals surface area contributed by atoms with Crippen molar-refractivity contribution in [3.8, 4) is 11.4 Å². The van der Waals surface area contributed by atoms with Crippen LogP contribution in [0.2, 0.25) is 5.15 Å². The minimum Gasteiger partial charge on any atom is -0.232 e. The van der Waals surface area contributed by atoms with Crippen molar-refractivity contribution in [1.29, 1.82) is 0 Å². The summed E-state index contributed by atoms with van der Waals surface area (Å²) >= 11 is 9.91. The van der Waals surface area contributed by atoms with E-state index in [2.05, 4.69) is 41.2 Å². The summed E-state index contributed by atoms with van der Waals surface area (Å²) in [4.78, 5) is 10.3. The topological polar surface area (TPSA) is 25.8 Å². The van der Waals surface area contributed by atoms with Crippen LogP contribution >= 0.6 is 35.1 Å². The highest BCUT2D eigenvalue weighted by molar-refractivity contribution is 7.99. The van der Waals surface area contributed by atoms with Crippen LogP contribution in [0.1, 0.15) is 18.2 Å². The van der Waals surface area contributed by atoms with Crippen LogP contribution in [0.5, 0.6) is 0 Å². The van der Waals surface area contributed by atoms with E-state index in [1.807, 2.05) is 23.5 Å². The zero-order valence-corrected chi connectivity index (χ0v) is 12.9. The van der Waals surface area contributed by atoms with Gasteiger partial charge < -0.3 is 0 Å². The van der Waals surface area contributed by atoms with Crippen LogP contribution in [0, 0.1) is 0 Å². The molecule has 3 rings (SSSR count). The molecule has 0 N–H and O–H groups in total. The summed E-state index contributed by atoms with van der Waals surface area (Å²) in [5, 5.41) is 0.608. The molecule has 0 radical (unpaired) electrons. The quantitative estimate of drug-likeness (QED) is 0.608. The molecular formula is C14H13ClN2S2. The smallest absolute Gasteiger partial charge is 0.161 e. The number of fused-ring (bicyclic) bond motifs is 1. The Balaban J connectivity index is 1.96. The average molecular weight is 309 g/mol. The van der Waals surface area contributed by atoms with Crippen LogP contribution in [0.3, 0.4) is 0 Å². The van der Waals surface area contributed by atoms with Crippen LogP contribution in [-0.4, -0.2) is 15.7 Å². The lowest BCUT2D eigenvalue weighted by Crippen LogP contribution is -1.97. The number of halogens is 1. The normalized spacial score (nSPS) is 13.6. The predicted molar refractivity (Wildman–Crippen MR) is 83.9 cm³/mol. The standard InChI is InChI=1S/C14H13ClN2S2/c1-2-19-10-5-3-9(4-6-10)14-16-12-8-18-7-11(12)13(15)17-14/h3-6H,2,7-8H2,1H3. The zero-order valence-electron chi connectivity index (χ0n) is 10.5. The maximum atomic E-state index is 6.24. The Morgan fingerprint density at radius 2 is 2.00 bits per heavy atom. The van der Waals surface area contributed by atoms with Crippen molar-refractivity contribution in [2.75, 3.05) is 5.75 Å². The van der Waals surface area contributed by atoms with Gasteiger partial charge in [-0.05, 0) is 17.9 Å². The van der Waals surface area contributed by atoms with Gasteiger partial charge in [0.25, 0.3) is 0 Å². The molecule has 5 heteroatoms. The van der Waals surface area contributed by atoms with Gasteiger partial charge in [-0.15, -0.1) is 11.8 Å². The van der Waals surface area contributed by atoms with Crippen molar-refractivity contribution in [2.45, 2.75) is 23.3 Å². The Labute approximate surface area is 126 Å². The molecule has 0 fully saturated rings. The molecule has 2 heterocycles. The molecule has 0 saturated heterocycles. The van der Waals surface area contributed by atoms with E-state index in [1.54, 1.807) is 0 Å². The van der Waals surface area contributed by atoms with E-state index in [-0.39, 0.29) is 0 Å². The molecule has 19 heavy (non-hydrogen) atoms. The highest BCUT2D eigenvalue weighted by Crippen LogP contribution is 2.34. The van der Waals surface area contributed by atoms with Gasteiger partial charge in [0.05, 0.1) is 5.69 Å².